The number of nitrogens with zero attached hydrogens (tertiary/aromatic N) is 6. The monoisotopic (exact) mass is 384 g/mol. The van der Waals surface area contributed by atoms with Crippen LogP contribution in [-0.4, -0.2) is 29.4 Å². The van der Waals surface area contributed by atoms with E-state index in [0.717, 1.165) is 44.8 Å². The highest BCUT2D eigenvalue weighted by atomic mass is 79.9. The van der Waals surface area contributed by atoms with Crippen LogP contribution in [0.2, 0.25) is 0 Å². The summed E-state index contributed by atoms with van der Waals surface area (Å²) in [4.78, 5) is 9.19. The Bertz CT molecular complexity index is 1050. The first-order valence-corrected chi connectivity index (χ1v) is 8.63. The molecule has 4 rings (SSSR count). The highest BCUT2D eigenvalue weighted by molar-refractivity contribution is 9.10. The lowest BCUT2D eigenvalue weighted by molar-refractivity contribution is 0.512. The van der Waals surface area contributed by atoms with Crippen molar-refractivity contribution < 1.29 is 0 Å². The highest BCUT2D eigenvalue weighted by Gasteiger charge is 2.17. The van der Waals surface area contributed by atoms with Gasteiger partial charge in [0.15, 0.2) is 11.5 Å². The van der Waals surface area contributed by atoms with E-state index in [1.54, 1.807) is 10.8 Å². The third-order valence-electron chi connectivity index (χ3n) is 4.28. The number of aryl methyl sites for hydroxylation is 1. The van der Waals surface area contributed by atoms with Crippen molar-refractivity contribution in [2.24, 2.45) is 0 Å². The lowest BCUT2D eigenvalue weighted by Gasteiger charge is -2.09. The van der Waals surface area contributed by atoms with Crippen LogP contribution in [0.1, 0.15) is 30.1 Å². The fourth-order valence-electron chi connectivity index (χ4n) is 2.90. The topological polar surface area (TPSA) is 60.9 Å². The Morgan fingerprint density at radius 1 is 1.17 bits per heavy atom. The maximum Gasteiger partial charge on any atom is 0.166 e. The summed E-state index contributed by atoms with van der Waals surface area (Å²) in [6.45, 7) is 6.92. The summed E-state index contributed by atoms with van der Waals surface area (Å²) in [5.74, 6) is 0.949. The number of fused-ring (bicyclic) bond motifs is 3. The number of hydrogen-bond donors (Lipinski definition) is 0. The zero-order valence-electron chi connectivity index (χ0n) is 13.7. The van der Waals surface area contributed by atoms with Gasteiger partial charge in [-0.25, -0.2) is 14.5 Å². The fourth-order valence-corrected chi connectivity index (χ4v) is 3.18. The minimum Gasteiger partial charge on any atom is -0.268 e. The van der Waals surface area contributed by atoms with Crippen LogP contribution in [0.5, 0.6) is 0 Å². The van der Waals surface area contributed by atoms with E-state index in [9.17, 15) is 0 Å². The molecule has 3 aromatic heterocycles. The molecule has 6 nitrogen and oxygen atoms in total. The molecular weight excluding hydrogens is 368 g/mol. The highest BCUT2D eigenvalue weighted by Crippen LogP contribution is 2.23. The normalized spacial score (nSPS) is 13.0. The van der Waals surface area contributed by atoms with Crippen molar-refractivity contribution in [1.82, 2.24) is 29.4 Å². The molecule has 4 aromatic rings. The molecule has 0 bridgehead atoms. The van der Waals surface area contributed by atoms with Gasteiger partial charge in [-0.1, -0.05) is 19.1 Å². The summed E-state index contributed by atoms with van der Waals surface area (Å²) >= 11 is 3.57. The van der Waals surface area contributed by atoms with Crippen LogP contribution < -0.4 is 0 Å². The lowest BCUT2D eigenvalue weighted by Crippen LogP contribution is -2.10. The summed E-state index contributed by atoms with van der Waals surface area (Å²) in [5, 5.41) is 10.2. The van der Waals surface area contributed by atoms with Gasteiger partial charge in [0.2, 0.25) is 0 Å². The molecule has 0 aliphatic rings. The molecule has 0 N–H and O–H groups in total. The number of rotatable bonds is 3. The molecule has 1 aromatic carbocycles. The molecular formula is C17H17BrN6. The van der Waals surface area contributed by atoms with Gasteiger partial charge in [0.25, 0.3) is 0 Å². The summed E-state index contributed by atoms with van der Waals surface area (Å²) in [6, 6.07) is 7.99. The molecule has 1 atom stereocenters. The van der Waals surface area contributed by atoms with Gasteiger partial charge in [0.1, 0.15) is 6.33 Å². The Morgan fingerprint density at radius 2 is 1.96 bits per heavy atom. The minimum atomic E-state index is 0.147. The Hall–Kier alpha value is -2.28. The van der Waals surface area contributed by atoms with Crippen LogP contribution >= 0.6 is 15.9 Å². The maximum absolute atomic E-state index is 4.75. The molecule has 3 heterocycles. The van der Waals surface area contributed by atoms with Crippen molar-refractivity contribution >= 4 is 32.5 Å². The second-order valence-electron chi connectivity index (χ2n) is 6.07. The van der Waals surface area contributed by atoms with Crippen LogP contribution in [0.25, 0.3) is 16.6 Å². The lowest BCUT2D eigenvalue weighted by atomic mass is 10.1. The Morgan fingerprint density at radius 3 is 2.71 bits per heavy atom. The average molecular weight is 385 g/mol. The van der Waals surface area contributed by atoms with Crippen molar-refractivity contribution in [2.75, 3.05) is 0 Å². The van der Waals surface area contributed by atoms with Gasteiger partial charge in [0.05, 0.1) is 22.2 Å². The van der Waals surface area contributed by atoms with E-state index in [0.29, 0.717) is 0 Å². The quantitative estimate of drug-likeness (QED) is 0.540. The second-order valence-corrected chi connectivity index (χ2v) is 6.86. The van der Waals surface area contributed by atoms with E-state index < -0.39 is 0 Å². The predicted molar refractivity (Wildman–Crippen MR) is 96.1 cm³/mol. The van der Waals surface area contributed by atoms with Crippen molar-refractivity contribution in [1.29, 1.82) is 0 Å². The summed E-state index contributed by atoms with van der Waals surface area (Å²) in [7, 11) is 0. The van der Waals surface area contributed by atoms with Gasteiger partial charge in [-0.15, -0.1) is 5.10 Å². The maximum atomic E-state index is 4.75. The Balaban J connectivity index is 1.73. The third kappa shape index (κ3) is 2.39. The molecule has 122 valence electrons. The predicted octanol–water partition coefficient (Wildman–Crippen LogP) is 3.66. The van der Waals surface area contributed by atoms with E-state index in [-0.39, 0.29) is 5.92 Å². The molecule has 24 heavy (non-hydrogen) atoms. The molecule has 0 aliphatic heterocycles. The fraction of sp³-hybridized carbons (Fsp3) is 0.294. The third-order valence-corrected chi connectivity index (χ3v) is 5.43. The number of benzene rings is 1. The summed E-state index contributed by atoms with van der Waals surface area (Å²) < 4.78 is 4.82. The first kappa shape index (κ1) is 15.3. The van der Waals surface area contributed by atoms with Gasteiger partial charge in [-0.2, -0.15) is 5.10 Å². The molecule has 0 fully saturated rings. The standard InChI is InChI=1S/C17H17BrN6/c1-10(8-23-12(3)15(18)11(2)21-23)16-20-17-13-6-4-5-7-14(13)19-9-24(17)22-16/h4-7,9-10H,8H2,1-3H3. The molecule has 1 unspecified atom stereocenters. The van der Waals surface area contributed by atoms with Crippen LogP contribution in [0.3, 0.4) is 0 Å². The zero-order valence-corrected chi connectivity index (χ0v) is 15.3. The van der Waals surface area contributed by atoms with E-state index in [2.05, 4.69) is 45.0 Å². The number of para-hydroxylation sites is 1. The van der Waals surface area contributed by atoms with Crippen LogP contribution in [0.4, 0.5) is 0 Å². The first-order chi connectivity index (χ1) is 11.5. The van der Waals surface area contributed by atoms with Gasteiger partial charge < -0.3 is 0 Å². The van der Waals surface area contributed by atoms with E-state index in [1.807, 2.05) is 35.9 Å². The molecule has 7 heteroatoms. The Kier molecular flexibility index (Phi) is 3.60. The van der Waals surface area contributed by atoms with Gasteiger partial charge in [-0.05, 0) is 41.9 Å². The molecule has 0 saturated heterocycles. The van der Waals surface area contributed by atoms with Crippen molar-refractivity contribution in [3.63, 3.8) is 0 Å². The van der Waals surface area contributed by atoms with Crippen molar-refractivity contribution in [3.8, 4) is 0 Å². The molecule has 0 spiro atoms. The minimum absolute atomic E-state index is 0.147. The van der Waals surface area contributed by atoms with Gasteiger partial charge >= 0.3 is 0 Å². The van der Waals surface area contributed by atoms with E-state index in [1.165, 1.54) is 0 Å². The second kappa shape index (κ2) is 5.66. The first-order valence-electron chi connectivity index (χ1n) is 7.84. The number of halogens is 1. The van der Waals surface area contributed by atoms with Gasteiger partial charge in [0, 0.05) is 17.0 Å². The van der Waals surface area contributed by atoms with Crippen LogP contribution in [-0.2, 0) is 6.54 Å². The largest absolute Gasteiger partial charge is 0.268 e. The van der Waals surface area contributed by atoms with Gasteiger partial charge in [-0.3, -0.25) is 4.68 Å². The summed E-state index contributed by atoms with van der Waals surface area (Å²) in [6.07, 6.45) is 1.72. The van der Waals surface area contributed by atoms with Crippen molar-refractivity contribution in [2.45, 2.75) is 33.2 Å². The van der Waals surface area contributed by atoms with Crippen LogP contribution in [0, 0.1) is 13.8 Å². The molecule has 0 amide bonds. The molecule has 0 saturated carbocycles. The smallest absolute Gasteiger partial charge is 0.166 e. The number of hydrogen-bond acceptors (Lipinski definition) is 4. The molecule has 0 aliphatic carbocycles. The molecule has 0 radical (unpaired) electrons. The SMILES string of the molecule is Cc1nn(CC(C)c2nc3c4ccccc4ncn3n2)c(C)c1Br. The zero-order chi connectivity index (χ0) is 16.8. The Labute approximate surface area is 147 Å². The van der Waals surface area contributed by atoms with E-state index in [4.69, 9.17) is 4.98 Å². The number of aromatic nitrogens is 6. The summed E-state index contributed by atoms with van der Waals surface area (Å²) in [5.41, 5.74) is 3.89. The van der Waals surface area contributed by atoms with Crippen LogP contribution in [0.15, 0.2) is 35.1 Å². The van der Waals surface area contributed by atoms with E-state index >= 15 is 0 Å². The van der Waals surface area contributed by atoms with Crippen molar-refractivity contribution in [3.05, 3.63) is 52.3 Å². The average Bonchev–Trinajstić information content (AvgIpc) is 3.13.